The van der Waals surface area contributed by atoms with Gasteiger partial charge in [-0.2, -0.15) is 8.42 Å². The fourth-order valence-electron chi connectivity index (χ4n) is 2.25. The molecular weight excluding hydrogens is 335 g/mol. The third-order valence-electron chi connectivity index (χ3n) is 3.12. The van der Waals surface area contributed by atoms with Gasteiger partial charge in [-0.1, -0.05) is 0 Å². The molecule has 1 fully saturated rings. The fraction of sp³-hybridized carbons (Fsp3) is 0.583. The van der Waals surface area contributed by atoms with Gasteiger partial charge in [-0.05, 0) is 13.8 Å². The number of aromatic nitrogens is 1. The monoisotopic (exact) mass is 350 g/mol. The molecule has 1 aromatic heterocycles. The summed E-state index contributed by atoms with van der Waals surface area (Å²) >= 11 is 1.14. The first-order valence-corrected chi connectivity index (χ1v) is 8.95. The molecule has 1 atom stereocenters. The van der Waals surface area contributed by atoms with Crippen molar-refractivity contribution >= 4 is 38.6 Å². The summed E-state index contributed by atoms with van der Waals surface area (Å²) < 4.78 is 39.0. The number of ether oxygens (including phenoxy) is 1. The maximum absolute atomic E-state index is 12.7. The molecule has 2 rings (SSSR count). The summed E-state index contributed by atoms with van der Waals surface area (Å²) in [5, 5.41) is 0.296. The van der Waals surface area contributed by atoms with Crippen LogP contribution in [0.15, 0.2) is 0 Å². The van der Waals surface area contributed by atoms with Gasteiger partial charge in [0.15, 0.2) is 10.8 Å². The van der Waals surface area contributed by atoms with Gasteiger partial charge in [-0.3, -0.25) is 9.69 Å². The minimum Gasteiger partial charge on any atom is -0.461 e. The minimum absolute atomic E-state index is 0.0590. The fourth-order valence-corrected chi connectivity index (χ4v) is 3.96. The standard InChI is InChI=1S/C12H15FN2O5S2/c1-3-20-11(17)10-7(2)21-12(14-10)15-5-8(4-9(15)16)6-22(13,18)19/h8H,3-6H2,1-2H3. The number of esters is 1. The summed E-state index contributed by atoms with van der Waals surface area (Å²) in [6, 6.07) is 0. The van der Waals surface area contributed by atoms with Crippen molar-refractivity contribution in [2.24, 2.45) is 5.92 Å². The molecule has 0 aliphatic carbocycles. The molecule has 0 aromatic carbocycles. The Hall–Kier alpha value is -1.55. The first-order chi connectivity index (χ1) is 10.2. The van der Waals surface area contributed by atoms with Gasteiger partial charge < -0.3 is 4.74 Å². The lowest BCUT2D eigenvalue weighted by molar-refractivity contribution is -0.117. The van der Waals surface area contributed by atoms with Crippen LogP contribution in [-0.2, 0) is 19.8 Å². The molecular formula is C12H15FN2O5S2. The Kier molecular flexibility index (Phi) is 4.81. The second-order valence-corrected chi connectivity index (χ2v) is 7.49. The van der Waals surface area contributed by atoms with Gasteiger partial charge in [-0.15, -0.1) is 15.2 Å². The Bertz CT molecular complexity index is 700. The van der Waals surface area contributed by atoms with Crippen molar-refractivity contribution in [3.05, 3.63) is 10.6 Å². The molecule has 2 heterocycles. The average molecular weight is 350 g/mol. The number of aryl methyl sites for hydroxylation is 1. The smallest absolute Gasteiger partial charge is 0.358 e. The van der Waals surface area contributed by atoms with Crippen molar-refractivity contribution in [1.29, 1.82) is 0 Å². The molecule has 1 amide bonds. The van der Waals surface area contributed by atoms with Gasteiger partial charge in [0.1, 0.15) is 0 Å². The van der Waals surface area contributed by atoms with Crippen LogP contribution >= 0.6 is 11.3 Å². The predicted molar refractivity (Wildman–Crippen MR) is 78.2 cm³/mol. The van der Waals surface area contributed by atoms with Crippen LogP contribution in [0.25, 0.3) is 0 Å². The van der Waals surface area contributed by atoms with E-state index in [4.69, 9.17) is 4.74 Å². The first-order valence-electron chi connectivity index (χ1n) is 6.58. The Balaban J connectivity index is 2.17. The maximum Gasteiger partial charge on any atom is 0.358 e. The zero-order valence-corrected chi connectivity index (χ0v) is 13.7. The third kappa shape index (κ3) is 3.80. The molecule has 1 aliphatic rings. The largest absolute Gasteiger partial charge is 0.461 e. The minimum atomic E-state index is -4.63. The highest BCUT2D eigenvalue weighted by Crippen LogP contribution is 2.31. The molecule has 0 bridgehead atoms. The van der Waals surface area contributed by atoms with Crippen LogP contribution in [0.2, 0.25) is 0 Å². The summed E-state index contributed by atoms with van der Waals surface area (Å²) in [4.78, 5) is 29.6. The Morgan fingerprint density at radius 1 is 1.55 bits per heavy atom. The van der Waals surface area contributed by atoms with E-state index in [1.807, 2.05) is 0 Å². The molecule has 0 spiro atoms. The number of carbonyl (C=O) groups excluding carboxylic acids is 2. The number of rotatable bonds is 5. The predicted octanol–water partition coefficient (Wildman–Crippen LogP) is 1.28. The first kappa shape index (κ1) is 16.8. The number of carbonyl (C=O) groups is 2. The molecule has 22 heavy (non-hydrogen) atoms. The quantitative estimate of drug-likeness (QED) is 0.587. The normalized spacial score (nSPS) is 18.8. The number of anilines is 1. The highest BCUT2D eigenvalue weighted by molar-refractivity contribution is 7.86. The van der Waals surface area contributed by atoms with E-state index in [0.29, 0.717) is 10.0 Å². The second-order valence-electron chi connectivity index (χ2n) is 4.90. The van der Waals surface area contributed by atoms with Gasteiger partial charge in [0, 0.05) is 23.8 Å². The maximum atomic E-state index is 12.7. The topological polar surface area (TPSA) is 93.6 Å². The molecule has 0 radical (unpaired) electrons. The Morgan fingerprint density at radius 3 is 2.82 bits per heavy atom. The lowest BCUT2D eigenvalue weighted by Crippen LogP contribution is -2.25. The lowest BCUT2D eigenvalue weighted by Gasteiger charge is -2.12. The van der Waals surface area contributed by atoms with Gasteiger partial charge in [0.25, 0.3) is 0 Å². The van der Waals surface area contributed by atoms with E-state index in [2.05, 4.69) is 4.98 Å². The van der Waals surface area contributed by atoms with Crippen LogP contribution in [0.5, 0.6) is 0 Å². The van der Waals surface area contributed by atoms with Crippen LogP contribution < -0.4 is 4.90 Å². The molecule has 7 nitrogen and oxygen atoms in total. The number of amides is 1. The van der Waals surface area contributed by atoms with Crippen molar-refractivity contribution in [1.82, 2.24) is 4.98 Å². The van der Waals surface area contributed by atoms with Crippen LogP contribution in [0.1, 0.15) is 28.7 Å². The van der Waals surface area contributed by atoms with Crippen LogP contribution in [0.4, 0.5) is 9.02 Å². The highest BCUT2D eigenvalue weighted by atomic mass is 32.3. The average Bonchev–Trinajstić information content (AvgIpc) is 2.91. The molecule has 1 aromatic rings. The molecule has 0 N–H and O–H groups in total. The van der Waals surface area contributed by atoms with Crippen LogP contribution in [-0.4, -0.2) is 44.2 Å². The molecule has 1 unspecified atom stereocenters. The van der Waals surface area contributed by atoms with Gasteiger partial charge in [0.2, 0.25) is 5.91 Å². The number of halogens is 1. The molecule has 122 valence electrons. The van der Waals surface area contributed by atoms with Gasteiger partial charge in [-0.25, -0.2) is 9.78 Å². The van der Waals surface area contributed by atoms with Crippen LogP contribution in [0.3, 0.4) is 0 Å². The number of nitrogens with zero attached hydrogens (tertiary/aromatic N) is 2. The zero-order valence-electron chi connectivity index (χ0n) is 12.0. The summed E-state index contributed by atoms with van der Waals surface area (Å²) in [6.07, 6.45) is -0.0590. The summed E-state index contributed by atoms with van der Waals surface area (Å²) in [5.41, 5.74) is 0.135. The number of thiazole rings is 1. The van der Waals surface area contributed by atoms with Crippen molar-refractivity contribution in [2.45, 2.75) is 20.3 Å². The van der Waals surface area contributed by atoms with E-state index < -0.39 is 27.9 Å². The Labute approximate surface area is 131 Å². The van der Waals surface area contributed by atoms with E-state index in [0.717, 1.165) is 11.3 Å². The molecule has 1 saturated heterocycles. The summed E-state index contributed by atoms with van der Waals surface area (Å²) in [7, 11) is -4.63. The zero-order chi connectivity index (χ0) is 16.5. The van der Waals surface area contributed by atoms with Crippen molar-refractivity contribution < 1.29 is 26.6 Å². The van der Waals surface area contributed by atoms with Gasteiger partial charge in [0.05, 0.1) is 12.4 Å². The van der Waals surface area contributed by atoms with Crippen LogP contribution in [0, 0.1) is 12.8 Å². The third-order valence-corrected chi connectivity index (χ3v) is 4.99. The molecule has 1 aliphatic heterocycles. The van der Waals surface area contributed by atoms with E-state index in [1.54, 1.807) is 13.8 Å². The molecule has 10 heteroatoms. The van der Waals surface area contributed by atoms with Crippen molar-refractivity contribution in [3.8, 4) is 0 Å². The Morgan fingerprint density at radius 2 is 2.23 bits per heavy atom. The van der Waals surface area contributed by atoms with E-state index in [1.165, 1.54) is 4.90 Å². The highest BCUT2D eigenvalue weighted by Gasteiger charge is 2.35. The summed E-state index contributed by atoms with van der Waals surface area (Å²) in [6.45, 7) is 3.63. The SMILES string of the molecule is CCOC(=O)c1nc(N2CC(CS(=O)(=O)F)CC2=O)sc1C. The molecule has 0 saturated carbocycles. The van der Waals surface area contributed by atoms with Crippen molar-refractivity contribution in [2.75, 3.05) is 23.8 Å². The number of hydrogen-bond acceptors (Lipinski definition) is 7. The second kappa shape index (κ2) is 6.29. The van der Waals surface area contributed by atoms with E-state index in [-0.39, 0.29) is 31.2 Å². The number of hydrogen-bond donors (Lipinski definition) is 0. The van der Waals surface area contributed by atoms with Crippen molar-refractivity contribution in [3.63, 3.8) is 0 Å². The summed E-state index contributed by atoms with van der Waals surface area (Å²) in [5.74, 6) is -2.21. The van der Waals surface area contributed by atoms with E-state index >= 15 is 0 Å². The van der Waals surface area contributed by atoms with Gasteiger partial charge >= 0.3 is 16.2 Å². The lowest BCUT2D eigenvalue weighted by atomic mass is 10.1. The van der Waals surface area contributed by atoms with E-state index in [9.17, 15) is 21.9 Å².